The zero-order chi connectivity index (χ0) is 13.7. The number of nitrogens with zero attached hydrogens (tertiary/aromatic N) is 1. The van der Waals surface area contributed by atoms with Gasteiger partial charge in [-0.3, -0.25) is 10.1 Å². The highest BCUT2D eigenvalue weighted by Gasteiger charge is 2.19. The van der Waals surface area contributed by atoms with Crippen LogP contribution in [0.1, 0.15) is 38.2 Å². The number of nitro groups is 1. The molecule has 1 aliphatic rings. The smallest absolute Gasteiger partial charge is 0.273 e. The van der Waals surface area contributed by atoms with Crippen LogP contribution in [0.25, 0.3) is 0 Å². The van der Waals surface area contributed by atoms with E-state index in [1.165, 1.54) is 25.7 Å². The van der Waals surface area contributed by atoms with E-state index >= 15 is 0 Å². The topological polar surface area (TPSA) is 55.2 Å². The van der Waals surface area contributed by atoms with Crippen LogP contribution in [0.5, 0.6) is 0 Å². The van der Waals surface area contributed by atoms with E-state index < -0.39 is 0 Å². The molecule has 0 saturated heterocycles. The van der Waals surface area contributed by atoms with Gasteiger partial charge in [-0.05, 0) is 31.2 Å². The molecule has 4 heteroatoms. The zero-order valence-corrected chi connectivity index (χ0v) is 11.5. The van der Waals surface area contributed by atoms with Crippen molar-refractivity contribution < 1.29 is 4.92 Å². The van der Waals surface area contributed by atoms with Crippen molar-refractivity contribution in [3.05, 3.63) is 39.9 Å². The summed E-state index contributed by atoms with van der Waals surface area (Å²) in [4.78, 5) is 10.6. The first-order valence-corrected chi connectivity index (χ1v) is 7.10. The average molecular weight is 262 g/mol. The molecule has 1 saturated carbocycles. The van der Waals surface area contributed by atoms with Crippen LogP contribution in [0.2, 0.25) is 0 Å². The third-order valence-corrected chi connectivity index (χ3v) is 3.98. The minimum absolute atomic E-state index is 0.215. The molecule has 0 aromatic heterocycles. The second kappa shape index (κ2) is 6.66. The van der Waals surface area contributed by atoms with Gasteiger partial charge in [0, 0.05) is 18.2 Å². The van der Waals surface area contributed by atoms with E-state index in [-0.39, 0.29) is 10.6 Å². The molecule has 104 valence electrons. The van der Waals surface area contributed by atoms with Crippen molar-refractivity contribution >= 4 is 5.69 Å². The molecule has 19 heavy (non-hydrogen) atoms. The van der Waals surface area contributed by atoms with Crippen molar-refractivity contribution in [2.75, 3.05) is 6.54 Å². The molecule has 1 fully saturated rings. The molecule has 2 rings (SSSR count). The molecule has 1 N–H and O–H groups in total. The van der Waals surface area contributed by atoms with Gasteiger partial charge in [0.1, 0.15) is 0 Å². The fourth-order valence-corrected chi connectivity index (χ4v) is 2.99. The van der Waals surface area contributed by atoms with Gasteiger partial charge in [-0.2, -0.15) is 0 Å². The lowest BCUT2D eigenvalue weighted by atomic mass is 9.82. The molecule has 0 radical (unpaired) electrons. The summed E-state index contributed by atoms with van der Waals surface area (Å²) in [6.45, 7) is 3.87. The summed E-state index contributed by atoms with van der Waals surface area (Å²) < 4.78 is 0. The minimum atomic E-state index is -0.306. The molecule has 0 aliphatic heterocycles. The van der Waals surface area contributed by atoms with Crippen LogP contribution in [-0.4, -0.2) is 11.5 Å². The Kier molecular flexibility index (Phi) is 4.91. The van der Waals surface area contributed by atoms with Gasteiger partial charge in [0.2, 0.25) is 0 Å². The Morgan fingerprint density at radius 2 is 2.16 bits per heavy atom. The lowest BCUT2D eigenvalue weighted by molar-refractivity contribution is -0.385. The van der Waals surface area contributed by atoms with Crippen LogP contribution >= 0.6 is 0 Å². The molecule has 1 aliphatic carbocycles. The third kappa shape index (κ3) is 4.03. The predicted molar refractivity (Wildman–Crippen MR) is 75.9 cm³/mol. The van der Waals surface area contributed by atoms with E-state index in [4.69, 9.17) is 0 Å². The minimum Gasteiger partial charge on any atom is -0.312 e. The van der Waals surface area contributed by atoms with Crippen LogP contribution in [0.3, 0.4) is 0 Å². The molecule has 0 bridgehead atoms. The van der Waals surface area contributed by atoms with E-state index in [9.17, 15) is 10.1 Å². The predicted octanol–water partition coefficient (Wildman–Crippen LogP) is 3.51. The maximum atomic E-state index is 10.9. The number of nitrogens with one attached hydrogen (secondary N) is 1. The summed E-state index contributed by atoms with van der Waals surface area (Å²) >= 11 is 0. The van der Waals surface area contributed by atoms with Crippen LogP contribution in [-0.2, 0) is 6.54 Å². The lowest BCUT2D eigenvalue weighted by Gasteiger charge is -2.26. The van der Waals surface area contributed by atoms with Gasteiger partial charge in [0.15, 0.2) is 0 Å². The lowest BCUT2D eigenvalue weighted by Crippen LogP contribution is -2.26. The Morgan fingerprint density at radius 1 is 1.37 bits per heavy atom. The van der Waals surface area contributed by atoms with Gasteiger partial charge >= 0.3 is 0 Å². The molecular formula is C15H22N2O2. The average Bonchev–Trinajstić information content (AvgIpc) is 2.39. The molecular weight excluding hydrogens is 240 g/mol. The fourth-order valence-electron chi connectivity index (χ4n) is 2.99. The maximum absolute atomic E-state index is 10.9. The van der Waals surface area contributed by atoms with Gasteiger partial charge in [-0.25, -0.2) is 0 Å². The summed E-state index contributed by atoms with van der Waals surface area (Å²) in [5, 5.41) is 14.3. The van der Waals surface area contributed by atoms with Crippen molar-refractivity contribution in [2.45, 2.75) is 39.2 Å². The SMILES string of the molecule is CC1CCCC(CNCc2ccccc2[N+](=O)[O-])C1. The van der Waals surface area contributed by atoms with Gasteiger partial charge in [0.05, 0.1) is 4.92 Å². The second-order valence-electron chi connectivity index (χ2n) is 5.65. The summed E-state index contributed by atoms with van der Waals surface area (Å²) in [6.07, 6.45) is 5.23. The van der Waals surface area contributed by atoms with Crippen molar-refractivity contribution in [3.63, 3.8) is 0 Å². The molecule has 2 atom stereocenters. The Hall–Kier alpha value is -1.42. The van der Waals surface area contributed by atoms with Crippen LogP contribution in [0.15, 0.2) is 24.3 Å². The Labute approximate surface area is 114 Å². The molecule has 1 aromatic rings. The Morgan fingerprint density at radius 3 is 2.89 bits per heavy atom. The van der Waals surface area contributed by atoms with Crippen molar-refractivity contribution in [2.24, 2.45) is 11.8 Å². The number of benzene rings is 1. The molecule has 2 unspecified atom stereocenters. The van der Waals surface area contributed by atoms with Crippen molar-refractivity contribution in [3.8, 4) is 0 Å². The molecule has 1 aromatic carbocycles. The number of hydrogen-bond donors (Lipinski definition) is 1. The van der Waals surface area contributed by atoms with Gasteiger partial charge < -0.3 is 5.32 Å². The Bertz CT molecular complexity index is 434. The highest BCUT2D eigenvalue weighted by Crippen LogP contribution is 2.28. The van der Waals surface area contributed by atoms with E-state index in [1.807, 2.05) is 12.1 Å². The van der Waals surface area contributed by atoms with E-state index in [0.717, 1.165) is 23.9 Å². The standard InChI is InChI=1S/C15H22N2O2/c1-12-5-4-6-13(9-12)10-16-11-14-7-2-3-8-15(14)17(18)19/h2-3,7-8,12-13,16H,4-6,9-11H2,1H3. The summed E-state index contributed by atoms with van der Waals surface area (Å²) in [6, 6.07) is 6.96. The summed E-state index contributed by atoms with van der Waals surface area (Å²) in [7, 11) is 0. The van der Waals surface area contributed by atoms with Crippen molar-refractivity contribution in [1.29, 1.82) is 0 Å². The normalized spacial score (nSPS) is 23.2. The first-order chi connectivity index (χ1) is 9.16. The second-order valence-corrected chi connectivity index (χ2v) is 5.65. The molecule has 4 nitrogen and oxygen atoms in total. The maximum Gasteiger partial charge on any atom is 0.273 e. The molecule has 0 spiro atoms. The quantitative estimate of drug-likeness (QED) is 0.652. The van der Waals surface area contributed by atoms with Crippen molar-refractivity contribution in [1.82, 2.24) is 5.32 Å². The third-order valence-electron chi connectivity index (χ3n) is 3.98. The van der Waals surface area contributed by atoms with Crippen LogP contribution in [0.4, 0.5) is 5.69 Å². The number of nitro benzene ring substituents is 1. The number of hydrogen-bond acceptors (Lipinski definition) is 3. The monoisotopic (exact) mass is 262 g/mol. The number of rotatable bonds is 5. The van der Waals surface area contributed by atoms with Gasteiger partial charge in [-0.1, -0.05) is 38.0 Å². The van der Waals surface area contributed by atoms with Crippen LogP contribution in [0, 0.1) is 22.0 Å². The first kappa shape index (κ1) is 14.0. The van der Waals surface area contributed by atoms with E-state index in [1.54, 1.807) is 12.1 Å². The summed E-state index contributed by atoms with van der Waals surface area (Å²) in [5.74, 6) is 1.55. The zero-order valence-electron chi connectivity index (χ0n) is 11.5. The molecule has 0 amide bonds. The summed E-state index contributed by atoms with van der Waals surface area (Å²) in [5.41, 5.74) is 0.989. The largest absolute Gasteiger partial charge is 0.312 e. The number of para-hydroxylation sites is 1. The first-order valence-electron chi connectivity index (χ1n) is 7.10. The van der Waals surface area contributed by atoms with Gasteiger partial charge in [0.25, 0.3) is 5.69 Å². The Balaban J connectivity index is 1.84. The highest BCUT2D eigenvalue weighted by molar-refractivity contribution is 5.39. The fraction of sp³-hybridized carbons (Fsp3) is 0.600. The van der Waals surface area contributed by atoms with E-state index in [2.05, 4.69) is 12.2 Å². The van der Waals surface area contributed by atoms with Crippen LogP contribution < -0.4 is 5.32 Å². The van der Waals surface area contributed by atoms with Gasteiger partial charge in [-0.15, -0.1) is 0 Å². The molecule has 0 heterocycles. The van der Waals surface area contributed by atoms with E-state index in [0.29, 0.717) is 6.54 Å². The highest BCUT2D eigenvalue weighted by atomic mass is 16.6.